The number of primary amides is 2. The van der Waals surface area contributed by atoms with Crippen LogP contribution in [-0.4, -0.2) is 11.8 Å². The molecule has 0 aliphatic rings. The van der Waals surface area contributed by atoms with E-state index in [1.807, 2.05) is 36.4 Å². The zero-order valence-corrected chi connectivity index (χ0v) is 10.6. The molecule has 3 rings (SSSR count). The molecule has 0 unspecified atom stereocenters. The lowest BCUT2D eigenvalue weighted by Gasteiger charge is -2.11. The molecule has 0 heterocycles. The van der Waals surface area contributed by atoms with Crippen molar-refractivity contribution >= 4 is 33.4 Å². The van der Waals surface area contributed by atoms with Gasteiger partial charge in [-0.05, 0) is 28.3 Å². The van der Waals surface area contributed by atoms with Gasteiger partial charge in [0.05, 0.1) is 5.56 Å². The van der Waals surface area contributed by atoms with E-state index in [2.05, 4.69) is 0 Å². The van der Waals surface area contributed by atoms with Gasteiger partial charge in [0.25, 0.3) is 0 Å². The van der Waals surface area contributed by atoms with Gasteiger partial charge in [0, 0.05) is 10.9 Å². The maximum Gasteiger partial charge on any atom is 0.249 e. The summed E-state index contributed by atoms with van der Waals surface area (Å²) in [6.07, 6.45) is 0. The Bertz CT molecular complexity index is 869. The Balaban J connectivity index is 2.63. The first-order chi connectivity index (χ1) is 9.59. The fourth-order valence-corrected chi connectivity index (χ4v) is 2.58. The van der Waals surface area contributed by atoms with Crippen LogP contribution in [-0.2, 0) is 0 Å². The van der Waals surface area contributed by atoms with Crippen LogP contribution in [0.15, 0.2) is 48.5 Å². The fraction of sp³-hybridized carbons (Fsp3) is 0. The summed E-state index contributed by atoms with van der Waals surface area (Å²) < 4.78 is 0. The van der Waals surface area contributed by atoms with Crippen molar-refractivity contribution in [3.63, 3.8) is 0 Å². The molecule has 0 radical (unpaired) electrons. The van der Waals surface area contributed by atoms with Gasteiger partial charge in [0.15, 0.2) is 0 Å². The molecule has 20 heavy (non-hydrogen) atoms. The van der Waals surface area contributed by atoms with E-state index in [1.54, 1.807) is 12.1 Å². The average Bonchev–Trinajstić information content (AvgIpc) is 2.43. The first-order valence-corrected chi connectivity index (χ1v) is 6.13. The van der Waals surface area contributed by atoms with E-state index in [4.69, 9.17) is 11.5 Å². The molecule has 2 amide bonds. The van der Waals surface area contributed by atoms with Crippen molar-refractivity contribution in [3.05, 3.63) is 59.7 Å². The number of rotatable bonds is 2. The Kier molecular flexibility index (Phi) is 2.64. The SMILES string of the molecule is NC(=O)c1cccc2cc3ccccc3c(C(N)=O)c12. The van der Waals surface area contributed by atoms with E-state index < -0.39 is 11.8 Å². The molecule has 3 aromatic rings. The summed E-state index contributed by atoms with van der Waals surface area (Å²) >= 11 is 0. The van der Waals surface area contributed by atoms with E-state index in [0.29, 0.717) is 16.5 Å². The normalized spacial score (nSPS) is 10.8. The summed E-state index contributed by atoms with van der Waals surface area (Å²) in [4.78, 5) is 23.5. The molecular formula is C16H12N2O2. The number of fused-ring (bicyclic) bond motifs is 2. The molecule has 0 saturated heterocycles. The quantitative estimate of drug-likeness (QED) is 0.695. The smallest absolute Gasteiger partial charge is 0.249 e. The number of benzene rings is 3. The highest BCUT2D eigenvalue weighted by atomic mass is 16.1. The van der Waals surface area contributed by atoms with Gasteiger partial charge in [-0.3, -0.25) is 9.59 Å². The topological polar surface area (TPSA) is 86.2 Å². The number of amides is 2. The number of hydrogen-bond donors (Lipinski definition) is 2. The summed E-state index contributed by atoms with van der Waals surface area (Å²) in [5.74, 6) is -1.14. The van der Waals surface area contributed by atoms with Crippen molar-refractivity contribution in [1.82, 2.24) is 0 Å². The van der Waals surface area contributed by atoms with Gasteiger partial charge in [-0.25, -0.2) is 0 Å². The van der Waals surface area contributed by atoms with Crippen molar-refractivity contribution in [2.24, 2.45) is 11.5 Å². The van der Waals surface area contributed by atoms with Crippen molar-refractivity contribution in [2.75, 3.05) is 0 Å². The lowest BCUT2D eigenvalue weighted by Crippen LogP contribution is -2.16. The molecule has 0 bridgehead atoms. The van der Waals surface area contributed by atoms with Crippen LogP contribution in [0.25, 0.3) is 21.5 Å². The van der Waals surface area contributed by atoms with Crippen molar-refractivity contribution < 1.29 is 9.59 Å². The van der Waals surface area contributed by atoms with Gasteiger partial charge >= 0.3 is 0 Å². The van der Waals surface area contributed by atoms with Crippen LogP contribution in [0.2, 0.25) is 0 Å². The number of hydrogen-bond acceptors (Lipinski definition) is 2. The second kappa shape index (κ2) is 4.35. The Morgan fingerprint density at radius 1 is 0.800 bits per heavy atom. The molecule has 3 aromatic carbocycles. The van der Waals surface area contributed by atoms with Crippen molar-refractivity contribution in [1.29, 1.82) is 0 Å². The molecule has 0 saturated carbocycles. The Hall–Kier alpha value is -2.88. The number of carbonyl (C=O) groups excluding carboxylic acids is 2. The van der Waals surface area contributed by atoms with E-state index >= 15 is 0 Å². The molecule has 0 aliphatic carbocycles. The second-order valence-electron chi connectivity index (χ2n) is 4.60. The van der Waals surface area contributed by atoms with Crippen LogP contribution >= 0.6 is 0 Å². The maximum atomic E-state index is 11.9. The van der Waals surface area contributed by atoms with Crippen LogP contribution in [0.4, 0.5) is 0 Å². The van der Waals surface area contributed by atoms with Gasteiger partial charge in [0.1, 0.15) is 0 Å². The monoisotopic (exact) mass is 264 g/mol. The lowest BCUT2D eigenvalue weighted by molar-refractivity contribution is 0.0999. The van der Waals surface area contributed by atoms with Gasteiger partial charge in [-0.1, -0.05) is 36.4 Å². The summed E-state index contributed by atoms with van der Waals surface area (Å²) in [7, 11) is 0. The van der Waals surface area contributed by atoms with Gasteiger partial charge in [-0.2, -0.15) is 0 Å². The molecule has 4 heteroatoms. The largest absolute Gasteiger partial charge is 0.366 e. The Labute approximate surface area is 115 Å². The molecule has 0 fully saturated rings. The van der Waals surface area contributed by atoms with Crippen molar-refractivity contribution in [3.8, 4) is 0 Å². The van der Waals surface area contributed by atoms with E-state index in [0.717, 1.165) is 16.2 Å². The third kappa shape index (κ3) is 1.70. The van der Waals surface area contributed by atoms with Crippen LogP contribution in [0, 0.1) is 0 Å². The first-order valence-electron chi connectivity index (χ1n) is 6.13. The average molecular weight is 264 g/mol. The summed E-state index contributed by atoms with van der Waals surface area (Å²) in [5.41, 5.74) is 11.6. The standard InChI is InChI=1S/C16H12N2O2/c17-15(19)12-7-3-5-10-8-9-4-1-2-6-11(9)14(13(10)12)16(18)20/h1-8H,(H2,17,19)(H2,18,20). The third-order valence-corrected chi connectivity index (χ3v) is 3.40. The van der Waals surface area contributed by atoms with Crippen LogP contribution in [0.5, 0.6) is 0 Å². The molecule has 4 N–H and O–H groups in total. The highest BCUT2D eigenvalue weighted by molar-refractivity contribution is 6.22. The molecule has 98 valence electrons. The van der Waals surface area contributed by atoms with Gasteiger partial charge in [0.2, 0.25) is 11.8 Å². The Morgan fingerprint density at radius 3 is 2.20 bits per heavy atom. The second-order valence-corrected chi connectivity index (χ2v) is 4.60. The summed E-state index contributed by atoms with van der Waals surface area (Å²) in [6, 6.07) is 14.5. The predicted molar refractivity (Wildman–Crippen MR) is 78.5 cm³/mol. The van der Waals surface area contributed by atoms with Crippen LogP contribution in [0.1, 0.15) is 20.7 Å². The molecule has 0 aromatic heterocycles. The van der Waals surface area contributed by atoms with Gasteiger partial charge in [-0.15, -0.1) is 0 Å². The van der Waals surface area contributed by atoms with E-state index in [-0.39, 0.29) is 0 Å². The zero-order valence-electron chi connectivity index (χ0n) is 10.6. The van der Waals surface area contributed by atoms with E-state index in [9.17, 15) is 9.59 Å². The first kappa shape index (κ1) is 12.2. The van der Waals surface area contributed by atoms with Crippen molar-refractivity contribution in [2.45, 2.75) is 0 Å². The van der Waals surface area contributed by atoms with E-state index in [1.165, 1.54) is 0 Å². The minimum absolute atomic E-state index is 0.307. The molecule has 4 nitrogen and oxygen atoms in total. The highest BCUT2D eigenvalue weighted by Gasteiger charge is 2.17. The lowest BCUT2D eigenvalue weighted by atomic mass is 9.93. The molecule has 0 atom stereocenters. The highest BCUT2D eigenvalue weighted by Crippen LogP contribution is 2.30. The maximum absolute atomic E-state index is 11.9. The minimum atomic E-state index is -0.576. The van der Waals surface area contributed by atoms with Gasteiger partial charge < -0.3 is 11.5 Å². The molecule has 0 aliphatic heterocycles. The summed E-state index contributed by atoms with van der Waals surface area (Å²) in [5, 5.41) is 2.91. The van der Waals surface area contributed by atoms with Crippen LogP contribution < -0.4 is 11.5 Å². The zero-order chi connectivity index (χ0) is 14.3. The van der Waals surface area contributed by atoms with Crippen LogP contribution in [0.3, 0.4) is 0 Å². The minimum Gasteiger partial charge on any atom is -0.366 e. The molecule has 0 spiro atoms. The number of carbonyl (C=O) groups is 2. The fourth-order valence-electron chi connectivity index (χ4n) is 2.58. The predicted octanol–water partition coefficient (Wildman–Crippen LogP) is 2.19. The third-order valence-electron chi connectivity index (χ3n) is 3.40. The summed E-state index contributed by atoms with van der Waals surface area (Å²) in [6.45, 7) is 0. The number of nitrogens with two attached hydrogens (primary N) is 2. The Morgan fingerprint density at radius 2 is 1.50 bits per heavy atom. The molecular weight excluding hydrogens is 252 g/mol.